The molecule has 0 aromatic rings. The van der Waals surface area contributed by atoms with Crippen molar-refractivity contribution in [2.75, 3.05) is 6.54 Å². The average Bonchev–Trinajstić information content (AvgIpc) is 2.44. The zero-order valence-corrected chi connectivity index (χ0v) is 12.7. The molecule has 1 aliphatic carbocycles. The summed E-state index contributed by atoms with van der Waals surface area (Å²) in [5.74, 6) is -0.503. The van der Waals surface area contributed by atoms with Gasteiger partial charge in [-0.3, -0.25) is 4.79 Å². The predicted octanol–water partition coefficient (Wildman–Crippen LogP) is 1.90. The summed E-state index contributed by atoms with van der Waals surface area (Å²) < 4.78 is 0. The number of amides is 1. The Labute approximate surface area is 121 Å². The summed E-state index contributed by atoms with van der Waals surface area (Å²) in [7, 11) is 0. The molecule has 4 N–H and O–H groups in total. The maximum atomic E-state index is 12.5. The summed E-state index contributed by atoms with van der Waals surface area (Å²) in [6, 6.07) is -0.787. The zero-order chi connectivity index (χ0) is 15.2. The van der Waals surface area contributed by atoms with Gasteiger partial charge in [-0.05, 0) is 38.0 Å². The van der Waals surface area contributed by atoms with Crippen LogP contribution in [0.1, 0.15) is 58.8 Å². The van der Waals surface area contributed by atoms with Crippen LogP contribution in [0.25, 0.3) is 0 Å². The van der Waals surface area contributed by atoms with Crippen molar-refractivity contribution in [3.8, 4) is 0 Å². The number of carboxylic acid groups (broad SMARTS) is 1. The molecular weight excluding hydrogens is 256 g/mol. The SMILES string of the molecule is CCCCC(NC(=O)C1(CN)CCC(C)CC1)C(=O)O. The molecule has 0 radical (unpaired) electrons. The summed E-state index contributed by atoms with van der Waals surface area (Å²) >= 11 is 0. The van der Waals surface area contributed by atoms with Crippen molar-refractivity contribution in [3.05, 3.63) is 0 Å². The summed E-state index contributed by atoms with van der Waals surface area (Å²) in [4.78, 5) is 23.7. The lowest BCUT2D eigenvalue weighted by atomic mass is 9.70. The van der Waals surface area contributed by atoms with E-state index in [1.807, 2.05) is 6.92 Å². The Balaban J connectivity index is 2.68. The van der Waals surface area contributed by atoms with Crippen LogP contribution >= 0.6 is 0 Å². The molecule has 0 aromatic heterocycles. The Bertz CT molecular complexity index is 336. The molecule has 1 saturated carbocycles. The largest absolute Gasteiger partial charge is 0.480 e. The quantitative estimate of drug-likeness (QED) is 0.665. The Morgan fingerprint density at radius 3 is 2.45 bits per heavy atom. The van der Waals surface area contributed by atoms with Crippen LogP contribution in [-0.4, -0.2) is 29.6 Å². The molecule has 0 bridgehead atoms. The fraction of sp³-hybridized carbons (Fsp3) is 0.867. The maximum absolute atomic E-state index is 12.5. The van der Waals surface area contributed by atoms with E-state index in [0.717, 1.165) is 38.5 Å². The fourth-order valence-corrected chi connectivity index (χ4v) is 2.82. The second kappa shape index (κ2) is 7.62. The minimum atomic E-state index is -0.955. The van der Waals surface area contributed by atoms with Crippen LogP contribution in [-0.2, 0) is 9.59 Å². The van der Waals surface area contributed by atoms with Crippen LogP contribution in [0.3, 0.4) is 0 Å². The van der Waals surface area contributed by atoms with Crippen LogP contribution in [0.2, 0.25) is 0 Å². The minimum Gasteiger partial charge on any atom is -0.480 e. The van der Waals surface area contributed by atoms with Crippen LogP contribution in [0, 0.1) is 11.3 Å². The highest BCUT2D eigenvalue weighted by Crippen LogP contribution is 2.38. The number of rotatable bonds is 7. The number of nitrogens with two attached hydrogens (primary N) is 1. The van der Waals surface area contributed by atoms with E-state index in [4.69, 9.17) is 5.73 Å². The number of carbonyl (C=O) groups excluding carboxylic acids is 1. The van der Waals surface area contributed by atoms with E-state index in [1.54, 1.807) is 0 Å². The molecule has 1 fully saturated rings. The molecule has 1 aliphatic rings. The van der Waals surface area contributed by atoms with E-state index in [2.05, 4.69) is 12.2 Å². The van der Waals surface area contributed by atoms with Gasteiger partial charge in [0, 0.05) is 6.54 Å². The average molecular weight is 284 g/mol. The second-order valence-corrected chi connectivity index (χ2v) is 6.17. The molecule has 1 atom stereocenters. The van der Waals surface area contributed by atoms with Crippen molar-refractivity contribution >= 4 is 11.9 Å². The molecule has 0 saturated heterocycles. The lowest BCUT2D eigenvalue weighted by Crippen LogP contribution is -2.52. The van der Waals surface area contributed by atoms with E-state index in [-0.39, 0.29) is 5.91 Å². The van der Waals surface area contributed by atoms with Gasteiger partial charge in [-0.15, -0.1) is 0 Å². The summed E-state index contributed by atoms with van der Waals surface area (Å²) in [5, 5.41) is 11.9. The third-order valence-corrected chi connectivity index (χ3v) is 4.55. The van der Waals surface area contributed by atoms with Crippen molar-refractivity contribution in [2.24, 2.45) is 17.1 Å². The first kappa shape index (κ1) is 17.0. The predicted molar refractivity (Wildman–Crippen MR) is 78.2 cm³/mol. The Hall–Kier alpha value is -1.10. The maximum Gasteiger partial charge on any atom is 0.326 e. The smallest absolute Gasteiger partial charge is 0.326 e. The molecular formula is C15H28N2O3. The molecule has 5 nitrogen and oxygen atoms in total. The number of aliphatic carboxylic acids is 1. The molecule has 0 spiro atoms. The van der Waals surface area contributed by atoms with Gasteiger partial charge in [0.1, 0.15) is 6.04 Å². The molecule has 0 heterocycles. The number of unbranched alkanes of at least 4 members (excludes halogenated alkanes) is 1. The first-order chi connectivity index (χ1) is 9.45. The number of carbonyl (C=O) groups is 2. The zero-order valence-electron chi connectivity index (χ0n) is 12.7. The number of hydrogen-bond acceptors (Lipinski definition) is 3. The van der Waals surface area contributed by atoms with Crippen LogP contribution in [0.15, 0.2) is 0 Å². The molecule has 20 heavy (non-hydrogen) atoms. The van der Waals surface area contributed by atoms with E-state index in [9.17, 15) is 14.7 Å². The first-order valence-corrected chi connectivity index (χ1v) is 7.69. The van der Waals surface area contributed by atoms with E-state index in [0.29, 0.717) is 18.9 Å². The van der Waals surface area contributed by atoms with Crippen molar-refractivity contribution in [2.45, 2.75) is 64.8 Å². The minimum absolute atomic E-state index is 0.171. The van der Waals surface area contributed by atoms with Gasteiger partial charge in [-0.2, -0.15) is 0 Å². The summed E-state index contributed by atoms with van der Waals surface area (Å²) in [5.41, 5.74) is 5.27. The Morgan fingerprint density at radius 1 is 1.40 bits per heavy atom. The van der Waals surface area contributed by atoms with Crippen molar-refractivity contribution < 1.29 is 14.7 Å². The molecule has 1 amide bonds. The molecule has 5 heteroatoms. The third kappa shape index (κ3) is 4.20. The lowest BCUT2D eigenvalue weighted by molar-refractivity contribution is -0.144. The van der Waals surface area contributed by atoms with Crippen molar-refractivity contribution in [1.82, 2.24) is 5.32 Å². The molecule has 0 aliphatic heterocycles. The van der Waals surface area contributed by atoms with Gasteiger partial charge in [-0.25, -0.2) is 4.79 Å². The van der Waals surface area contributed by atoms with Gasteiger partial charge in [-0.1, -0.05) is 26.7 Å². The standard InChI is InChI=1S/C15H28N2O3/c1-3-4-5-12(13(18)19)17-14(20)15(10-16)8-6-11(2)7-9-15/h11-12H,3-10,16H2,1-2H3,(H,17,20)(H,18,19). The summed E-state index contributed by atoms with van der Waals surface area (Å²) in [6.45, 7) is 4.48. The lowest BCUT2D eigenvalue weighted by Gasteiger charge is -2.37. The topological polar surface area (TPSA) is 92.4 Å². The Kier molecular flexibility index (Phi) is 6.46. The van der Waals surface area contributed by atoms with Gasteiger partial charge < -0.3 is 16.2 Å². The van der Waals surface area contributed by atoms with Crippen molar-refractivity contribution in [1.29, 1.82) is 0 Å². The van der Waals surface area contributed by atoms with E-state index < -0.39 is 17.4 Å². The highest BCUT2D eigenvalue weighted by Gasteiger charge is 2.41. The highest BCUT2D eigenvalue weighted by molar-refractivity contribution is 5.87. The summed E-state index contributed by atoms with van der Waals surface area (Å²) in [6.07, 6.45) is 5.68. The van der Waals surface area contributed by atoms with Crippen molar-refractivity contribution in [3.63, 3.8) is 0 Å². The highest BCUT2D eigenvalue weighted by atomic mass is 16.4. The molecule has 1 rings (SSSR count). The van der Waals surface area contributed by atoms with Gasteiger partial charge in [0.05, 0.1) is 5.41 Å². The normalized spacial score (nSPS) is 27.9. The van der Waals surface area contributed by atoms with Gasteiger partial charge in [0.25, 0.3) is 0 Å². The molecule has 0 aromatic carbocycles. The monoisotopic (exact) mass is 284 g/mol. The molecule has 116 valence electrons. The van der Waals surface area contributed by atoms with Gasteiger partial charge in [0.2, 0.25) is 5.91 Å². The number of nitrogens with one attached hydrogen (secondary N) is 1. The van der Waals surface area contributed by atoms with Crippen LogP contribution < -0.4 is 11.1 Å². The first-order valence-electron chi connectivity index (χ1n) is 7.69. The number of hydrogen-bond donors (Lipinski definition) is 3. The number of carboxylic acids is 1. The second-order valence-electron chi connectivity index (χ2n) is 6.17. The Morgan fingerprint density at radius 2 is 2.00 bits per heavy atom. The third-order valence-electron chi connectivity index (χ3n) is 4.55. The molecule has 1 unspecified atom stereocenters. The van der Waals surface area contributed by atoms with Crippen LogP contribution in [0.5, 0.6) is 0 Å². The van der Waals surface area contributed by atoms with Crippen LogP contribution in [0.4, 0.5) is 0 Å². The van der Waals surface area contributed by atoms with E-state index >= 15 is 0 Å². The fourth-order valence-electron chi connectivity index (χ4n) is 2.82. The van der Waals surface area contributed by atoms with E-state index in [1.165, 1.54) is 0 Å². The van der Waals surface area contributed by atoms with Gasteiger partial charge >= 0.3 is 5.97 Å². The van der Waals surface area contributed by atoms with Gasteiger partial charge in [0.15, 0.2) is 0 Å².